The summed E-state index contributed by atoms with van der Waals surface area (Å²) in [6.07, 6.45) is 12.3. The van der Waals surface area contributed by atoms with E-state index in [1.807, 2.05) is 12.5 Å². The molecule has 1 fully saturated rings. The fourth-order valence-corrected chi connectivity index (χ4v) is 3.01. The predicted molar refractivity (Wildman–Crippen MR) is 70.8 cm³/mol. The molecule has 1 aromatic rings. The van der Waals surface area contributed by atoms with Gasteiger partial charge in [-0.25, -0.2) is 4.98 Å². The Labute approximate surface area is 105 Å². The third kappa shape index (κ3) is 3.32. The van der Waals surface area contributed by atoms with Crippen molar-refractivity contribution < 1.29 is 0 Å². The van der Waals surface area contributed by atoms with Gasteiger partial charge in [0.05, 0.1) is 12.0 Å². The summed E-state index contributed by atoms with van der Waals surface area (Å²) >= 11 is 0. The minimum Gasteiger partial charge on any atom is -0.336 e. The molecule has 3 heteroatoms. The first-order valence-corrected chi connectivity index (χ1v) is 7.01. The lowest BCUT2D eigenvalue weighted by Crippen LogP contribution is -2.26. The van der Waals surface area contributed by atoms with Crippen molar-refractivity contribution in [1.82, 2.24) is 14.9 Å². The number of aromatic nitrogens is 2. The highest BCUT2D eigenvalue weighted by molar-refractivity contribution is 5.05. The van der Waals surface area contributed by atoms with Crippen LogP contribution in [0.15, 0.2) is 12.5 Å². The molecule has 0 amide bonds. The molecule has 1 saturated carbocycles. The quantitative estimate of drug-likeness (QED) is 0.850. The molecule has 0 bridgehead atoms. The number of imidazole rings is 1. The van der Waals surface area contributed by atoms with Gasteiger partial charge >= 0.3 is 0 Å². The molecule has 0 aromatic carbocycles. The molecule has 0 radical (unpaired) electrons. The second-order valence-corrected chi connectivity index (χ2v) is 5.28. The van der Waals surface area contributed by atoms with Crippen LogP contribution in [0.3, 0.4) is 0 Å². The molecule has 17 heavy (non-hydrogen) atoms. The lowest BCUT2D eigenvalue weighted by Gasteiger charge is -2.27. The van der Waals surface area contributed by atoms with E-state index in [2.05, 4.69) is 28.8 Å². The lowest BCUT2D eigenvalue weighted by molar-refractivity contribution is 0.297. The summed E-state index contributed by atoms with van der Waals surface area (Å²) in [5.74, 6) is 0.905. The largest absolute Gasteiger partial charge is 0.336 e. The van der Waals surface area contributed by atoms with Gasteiger partial charge in [0.25, 0.3) is 0 Å². The lowest BCUT2D eigenvalue weighted by atomic mass is 9.84. The van der Waals surface area contributed by atoms with Gasteiger partial charge in [-0.2, -0.15) is 0 Å². The molecule has 1 aliphatic carbocycles. The van der Waals surface area contributed by atoms with Crippen LogP contribution in [-0.2, 0) is 7.05 Å². The molecule has 0 aliphatic heterocycles. The number of nitrogens with one attached hydrogen (secondary N) is 1. The zero-order valence-electron chi connectivity index (χ0n) is 11.2. The molecule has 0 spiro atoms. The van der Waals surface area contributed by atoms with E-state index >= 15 is 0 Å². The summed E-state index contributed by atoms with van der Waals surface area (Å²) in [5.41, 5.74) is 1.33. The number of hydrogen-bond acceptors (Lipinski definition) is 2. The van der Waals surface area contributed by atoms with Crippen LogP contribution in [0.2, 0.25) is 0 Å². The van der Waals surface area contributed by atoms with Gasteiger partial charge in [-0.05, 0) is 18.9 Å². The van der Waals surface area contributed by atoms with Crippen molar-refractivity contribution in [3.05, 3.63) is 18.2 Å². The Bertz CT molecular complexity index is 326. The van der Waals surface area contributed by atoms with Gasteiger partial charge in [0.2, 0.25) is 0 Å². The molecular weight excluding hydrogens is 210 g/mol. The highest BCUT2D eigenvalue weighted by Crippen LogP contribution is 2.31. The van der Waals surface area contributed by atoms with Crippen LogP contribution in [0, 0.1) is 5.92 Å². The van der Waals surface area contributed by atoms with Gasteiger partial charge in [-0.15, -0.1) is 0 Å². The topological polar surface area (TPSA) is 29.9 Å². The average Bonchev–Trinajstić information content (AvgIpc) is 2.76. The Hall–Kier alpha value is -0.830. The molecule has 96 valence electrons. The number of nitrogens with zero attached hydrogens (tertiary/aromatic N) is 2. The summed E-state index contributed by atoms with van der Waals surface area (Å²) in [4.78, 5) is 4.24. The van der Waals surface area contributed by atoms with E-state index < -0.39 is 0 Å². The van der Waals surface area contributed by atoms with E-state index in [1.165, 1.54) is 44.2 Å². The normalized spacial score (nSPS) is 19.4. The highest BCUT2D eigenvalue weighted by Gasteiger charge is 2.21. The van der Waals surface area contributed by atoms with Gasteiger partial charge < -0.3 is 9.88 Å². The van der Waals surface area contributed by atoms with Crippen molar-refractivity contribution in [3.63, 3.8) is 0 Å². The van der Waals surface area contributed by atoms with Crippen LogP contribution in [0.5, 0.6) is 0 Å². The SMILES string of the molecule is CCNC(CC1CCCCC1)c1cncn1C. The molecule has 1 unspecified atom stereocenters. The Morgan fingerprint density at radius 3 is 2.76 bits per heavy atom. The van der Waals surface area contributed by atoms with Crippen molar-refractivity contribution >= 4 is 0 Å². The van der Waals surface area contributed by atoms with Crippen LogP contribution in [0.4, 0.5) is 0 Å². The summed E-state index contributed by atoms with van der Waals surface area (Å²) in [6, 6.07) is 0.482. The molecule has 1 heterocycles. The third-order valence-corrected chi connectivity index (χ3v) is 3.96. The van der Waals surface area contributed by atoms with Crippen molar-refractivity contribution in [2.75, 3.05) is 6.54 Å². The standard InChI is InChI=1S/C14H25N3/c1-3-16-13(14-10-15-11-17(14)2)9-12-7-5-4-6-8-12/h10-13,16H,3-9H2,1-2H3. The monoisotopic (exact) mass is 235 g/mol. The fourth-order valence-electron chi connectivity index (χ4n) is 3.01. The Morgan fingerprint density at radius 2 is 2.18 bits per heavy atom. The number of hydrogen-bond donors (Lipinski definition) is 1. The first-order valence-electron chi connectivity index (χ1n) is 7.01. The van der Waals surface area contributed by atoms with Crippen LogP contribution in [-0.4, -0.2) is 16.1 Å². The molecule has 1 atom stereocenters. The summed E-state index contributed by atoms with van der Waals surface area (Å²) in [6.45, 7) is 3.22. The predicted octanol–water partition coefficient (Wildman–Crippen LogP) is 3.04. The van der Waals surface area contributed by atoms with E-state index in [1.54, 1.807) is 0 Å². The van der Waals surface area contributed by atoms with Crippen molar-refractivity contribution in [1.29, 1.82) is 0 Å². The molecule has 0 saturated heterocycles. The summed E-state index contributed by atoms with van der Waals surface area (Å²) in [5, 5.41) is 3.61. The zero-order chi connectivity index (χ0) is 12.1. The molecular formula is C14H25N3. The second kappa shape index (κ2) is 6.20. The maximum Gasteiger partial charge on any atom is 0.0946 e. The Balaban J connectivity index is 1.99. The van der Waals surface area contributed by atoms with Gasteiger partial charge in [0, 0.05) is 19.3 Å². The van der Waals surface area contributed by atoms with Gasteiger partial charge in [0.1, 0.15) is 0 Å². The Morgan fingerprint density at radius 1 is 1.41 bits per heavy atom. The van der Waals surface area contributed by atoms with Gasteiger partial charge in [-0.3, -0.25) is 0 Å². The Kier molecular flexibility index (Phi) is 4.60. The van der Waals surface area contributed by atoms with Gasteiger partial charge in [0.15, 0.2) is 0 Å². The molecule has 1 N–H and O–H groups in total. The fraction of sp³-hybridized carbons (Fsp3) is 0.786. The van der Waals surface area contributed by atoms with Crippen molar-refractivity contribution in [3.8, 4) is 0 Å². The molecule has 2 rings (SSSR count). The average molecular weight is 235 g/mol. The molecule has 1 aliphatic rings. The summed E-state index contributed by atoms with van der Waals surface area (Å²) in [7, 11) is 2.09. The van der Waals surface area contributed by atoms with E-state index in [-0.39, 0.29) is 0 Å². The minimum atomic E-state index is 0.482. The van der Waals surface area contributed by atoms with Crippen LogP contribution in [0.25, 0.3) is 0 Å². The van der Waals surface area contributed by atoms with Gasteiger partial charge in [-0.1, -0.05) is 39.0 Å². The maximum absolute atomic E-state index is 4.24. The smallest absolute Gasteiger partial charge is 0.0946 e. The van der Waals surface area contributed by atoms with E-state index in [9.17, 15) is 0 Å². The van der Waals surface area contributed by atoms with Crippen LogP contribution >= 0.6 is 0 Å². The number of rotatable bonds is 5. The minimum absolute atomic E-state index is 0.482. The van der Waals surface area contributed by atoms with Crippen LogP contribution < -0.4 is 5.32 Å². The van der Waals surface area contributed by atoms with Crippen LogP contribution in [0.1, 0.15) is 57.2 Å². The first-order chi connectivity index (χ1) is 8.31. The maximum atomic E-state index is 4.24. The van der Waals surface area contributed by atoms with E-state index in [0.29, 0.717) is 6.04 Å². The van der Waals surface area contributed by atoms with E-state index in [0.717, 1.165) is 12.5 Å². The van der Waals surface area contributed by atoms with Crippen molar-refractivity contribution in [2.24, 2.45) is 13.0 Å². The first kappa shape index (κ1) is 12.6. The molecule has 1 aromatic heterocycles. The zero-order valence-corrected chi connectivity index (χ0v) is 11.2. The molecule has 3 nitrogen and oxygen atoms in total. The van der Waals surface area contributed by atoms with E-state index in [4.69, 9.17) is 0 Å². The third-order valence-electron chi connectivity index (χ3n) is 3.96. The second-order valence-electron chi connectivity index (χ2n) is 5.28. The highest BCUT2D eigenvalue weighted by atomic mass is 15.1. The summed E-state index contributed by atoms with van der Waals surface area (Å²) < 4.78 is 2.15. The van der Waals surface area contributed by atoms with Crippen molar-refractivity contribution in [2.45, 2.75) is 51.5 Å². The number of aryl methyl sites for hydroxylation is 1.